The van der Waals surface area contributed by atoms with Gasteiger partial charge in [-0.3, -0.25) is 0 Å². The largest absolute Gasteiger partial charge is 0.389 e. The first kappa shape index (κ1) is 14.5. The second-order valence-electron chi connectivity index (χ2n) is 4.15. The van der Waals surface area contributed by atoms with E-state index in [9.17, 15) is 5.11 Å². The summed E-state index contributed by atoms with van der Waals surface area (Å²) in [7, 11) is 3.74. The van der Waals surface area contributed by atoms with E-state index in [0.29, 0.717) is 0 Å². The van der Waals surface area contributed by atoms with Gasteiger partial charge in [-0.1, -0.05) is 15.9 Å². The summed E-state index contributed by atoms with van der Waals surface area (Å²) in [4.78, 5) is 2.15. The van der Waals surface area contributed by atoms with Gasteiger partial charge in [0.05, 0.1) is 6.10 Å². The number of aliphatic hydroxyl groups is 1. The van der Waals surface area contributed by atoms with E-state index in [1.807, 2.05) is 25.2 Å². The first-order valence-electron chi connectivity index (χ1n) is 5.74. The molecule has 0 spiro atoms. The van der Waals surface area contributed by atoms with E-state index >= 15 is 0 Å². The summed E-state index contributed by atoms with van der Waals surface area (Å²) in [5.74, 6) is 0. The maximum absolute atomic E-state index is 9.78. The zero-order chi connectivity index (χ0) is 12.8. The summed E-state index contributed by atoms with van der Waals surface area (Å²) in [5, 5.41) is 9.78. The van der Waals surface area contributed by atoms with E-state index in [1.54, 1.807) is 14.0 Å². The van der Waals surface area contributed by atoms with Crippen LogP contribution in [0.1, 0.15) is 25.0 Å². The van der Waals surface area contributed by atoms with Crippen LogP contribution in [-0.4, -0.2) is 32.4 Å². The summed E-state index contributed by atoms with van der Waals surface area (Å²) >= 11 is 3.43. The Bertz CT molecular complexity index is 355. The number of aliphatic hydroxyl groups excluding tert-OH is 1. The van der Waals surface area contributed by atoms with Crippen molar-refractivity contribution in [2.24, 2.45) is 0 Å². The topological polar surface area (TPSA) is 32.7 Å². The van der Waals surface area contributed by atoms with Gasteiger partial charge in [0.1, 0.15) is 0 Å². The zero-order valence-corrected chi connectivity index (χ0v) is 12.2. The number of nitrogens with zero attached hydrogens (tertiary/aromatic N) is 1. The third-order valence-corrected chi connectivity index (χ3v) is 3.19. The average molecular weight is 302 g/mol. The van der Waals surface area contributed by atoms with E-state index in [1.165, 1.54) is 0 Å². The number of benzene rings is 1. The molecule has 0 saturated heterocycles. The van der Waals surface area contributed by atoms with Crippen molar-refractivity contribution in [3.05, 3.63) is 28.2 Å². The lowest BCUT2D eigenvalue weighted by atomic mass is 10.1. The van der Waals surface area contributed by atoms with Gasteiger partial charge < -0.3 is 14.7 Å². The van der Waals surface area contributed by atoms with Gasteiger partial charge in [-0.2, -0.15) is 0 Å². The summed E-state index contributed by atoms with van der Waals surface area (Å²) in [6.45, 7) is 3.45. The normalized spacial score (nSPS) is 12.5. The molecule has 4 heteroatoms. The van der Waals surface area contributed by atoms with Gasteiger partial charge in [0.2, 0.25) is 0 Å². The van der Waals surface area contributed by atoms with Gasteiger partial charge >= 0.3 is 0 Å². The molecule has 0 heterocycles. The fourth-order valence-corrected chi connectivity index (χ4v) is 2.15. The highest BCUT2D eigenvalue weighted by Gasteiger charge is 2.11. The molecule has 1 unspecified atom stereocenters. The van der Waals surface area contributed by atoms with Gasteiger partial charge in [0.25, 0.3) is 0 Å². The molecule has 1 aromatic carbocycles. The molecule has 0 saturated carbocycles. The van der Waals surface area contributed by atoms with Crippen molar-refractivity contribution < 1.29 is 9.84 Å². The van der Waals surface area contributed by atoms with Crippen LogP contribution >= 0.6 is 15.9 Å². The smallest absolute Gasteiger partial charge is 0.0782 e. The monoisotopic (exact) mass is 301 g/mol. The van der Waals surface area contributed by atoms with Crippen molar-refractivity contribution in [1.29, 1.82) is 0 Å². The standard InChI is InChI=1S/C13H20BrNO2/c1-10(16)12-9-11(14)5-6-13(12)15(2)7-4-8-17-3/h5-6,9-10,16H,4,7-8H2,1-3H3. The predicted molar refractivity (Wildman–Crippen MR) is 74.5 cm³/mol. The van der Waals surface area contributed by atoms with Crippen LogP contribution in [0, 0.1) is 0 Å². The Morgan fingerprint density at radius 1 is 1.47 bits per heavy atom. The third kappa shape index (κ3) is 4.30. The van der Waals surface area contributed by atoms with Crippen LogP contribution < -0.4 is 4.90 Å². The Labute approximate surface area is 112 Å². The minimum atomic E-state index is -0.465. The number of halogens is 1. The van der Waals surface area contributed by atoms with Crippen molar-refractivity contribution in [2.75, 3.05) is 32.2 Å². The molecule has 0 aliphatic carbocycles. The molecule has 1 atom stereocenters. The summed E-state index contributed by atoms with van der Waals surface area (Å²) in [6.07, 6.45) is 0.509. The van der Waals surface area contributed by atoms with Crippen molar-refractivity contribution in [2.45, 2.75) is 19.4 Å². The fourth-order valence-electron chi connectivity index (χ4n) is 1.77. The number of hydrogen-bond donors (Lipinski definition) is 1. The lowest BCUT2D eigenvalue weighted by Crippen LogP contribution is -2.21. The Balaban J connectivity index is 2.81. The molecule has 0 aliphatic rings. The summed E-state index contributed by atoms with van der Waals surface area (Å²) in [6, 6.07) is 5.99. The summed E-state index contributed by atoms with van der Waals surface area (Å²) in [5.41, 5.74) is 2.01. The molecule has 0 radical (unpaired) electrons. The molecular formula is C13H20BrNO2. The maximum Gasteiger partial charge on any atom is 0.0782 e. The van der Waals surface area contributed by atoms with Crippen LogP contribution in [0.4, 0.5) is 5.69 Å². The number of ether oxygens (including phenoxy) is 1. The Hall–Kier alpha value is -0.580. The van der Waals surface area contributed by atoms with E-state index in [4.69, 9.17) is 4.74 Å². The average Bonchev–Trinajstić information content (AvgIpc) is 2.29. The SMILES string of the molecule is COCCCN(C)c1ccc(Br)cc1C(C)O. The third-order valence-electron chi connectivity index (χ3n) is 2.69. The van der Waals surface area contributed by atoms with Crippen LogP contribution in [0.2, 0.25) is 0 Å². The number of anilines is 1. The lowest BCUT2D eigenvalue weighted by Gasteiger charge is -2.23. The molecule has 1 rings (SSSR count). The van der Waals surface area contributed by atoms with Gasteiger partial charge in [-0.25, -0.2) is 0 Å². The van der Waals surface area contributed by atoms with Gasteiger partial charge in [0, 0.05) is 43.0 Å². The van der Waals surface area contributed by atoms with E-state index in [2.05, 4.69) is 20.8 Å². The second kappa shape index (κ2) is 6.99. The zero-order valence-electron chi connectivity index (χ0n) is 10.6. The van der Waals surface area contributed by atoms with Crippen LogP contribution in [0.25, 0.3) is 0 Å². The molecule has 0 fully saturated rings. The van der Waals surface area contributed by atoms with Gasteiger partial charge in [-0.15, -0.1) is 0 Å². The quantitative estimate of drug-likeness (QED) is 0.820. The molecule has 1 aromatic rings. The minimum Gasteiger partial charge on any atom is -0.389 e. The Kier molecular flexibility index (Phi) is 5.95. The molecule has 3 nitrogen and oxygen atoms in total. The Morgan fingerprint density at radius 3 is 2.76 bits per heavy atom. The van der Waals surface area contributed by atoms with Crippen molar-refractivity contribution in [1.82, 2.24) is 0 Å². The van der Waals surface area contributed by atoms with E-state index in [0.717, 1.165) is 35.3 Å². The first-order chi connectivity index (χ1) is 8.06. The molecule has 0 aromatic heterocycles. The molecule has 17 heavy (non-hydrogen) atoms. The van der Waals surface area contributed by atoms with Gasteiger partial charge in [0.15, 0.2) is 0 Å². The molecule has 0 bridgehead atoms. The molecule has 0 aliphatic heterocycles. The van der Waals surface area contributed by atoms with Crippen LogP contribution in [0.15, 0.2) is 22.7 Å². The summed E-state index contributed by atoms with van der Waals surface area (Å²) < 4.78 is 6.03. The lowest BCUT2D eigenvalue weighted by molar-refractivity contribution is 0.195. The van der Waals surface area contributed by atoms with Crippen LogP contribution in [0.5, 0.6) is 0 Å². The first-order valence-corrected chi connectivity index (χ1v) is 6.53. The highest BCUT2D eigenvalue weighted by Crippen LogP contribution is 2.28. The second-order valence-corrected chi connectivity index (χ2v) is 5.06. The highest BCUT2D eigenvalue weighted by molar-refractivity contribution is 9.10. The highest BCUT2D eigenvalue weighted by atomic mass is 79.9. The molecule has 1 N–H and O–H groups in total. The van der Waals surface area contributed by atoms with Gasteiger partial charge in [-0.05, 0) is 31.5 Å². The molecule has 0 amide bonds. The van der Waals surface area contributed by atoms with Crippen LogP contribution in [0.3, 0.4) is 0 Å². The predicted octanol–water partition coefficient (Wildman–Crippen LogP) is 2.98. The molecular weight excluding hydrogens is 282 g/mol. The van der Waals surface area contributed by atoms with E-state index < -0.39 is 6.10 Å². The number of methoxy groups -OCH3 is 1. The number of hydrogen-bond acceptors (Lipinski definition) is 3. The van der Waals surface area contributed by atoms with Crippen LogP contribution in [-0.2, 0) is 4.74 Å². The maximum atomic E-state index is 9.78. The van der Waals surface area contributed by atoms with Crippen molar-refractivity contribution >= 4 is 21.6 Å². The minimum absolute atomic E-state index is 0.465. The molecule has 96 valence electrons. The van der Waals surface area contributed by atoms with E-state index in [-0.39, 0.29) is 0 Å². The number of rotatable bonds is 6. The van der Waals surface area contributed by atoms with Crippen molar-refractivity contribution in [3.63, 3.8) is 0 Å². The van der Waals surface area contributed by atoms with Crippen molar-refractivity contribution in [3.8, 4) is 0 Å². The fraction of sp³-hybridized carbons (Fsp3) is 0.538. The Morgan fingerprint density at radius 2 is 2.18 bits per heavy atom.